The summed E-state index contributed by atoms with van der Waals surface area (Å²) < 4.78 is 5.28. The number of hydrogen-bond donors (Lipinski definition) is 2. The second-order valence-electron chi connectivity index (χ2n) is 4.92. The first kappa shape index (κ1) is 15.1. The molecule has 5 heteroatoms. The van der Waals surface area contributed by atoms with Crippen molar-refractivity contribution in [3.63, 3.8) is 0 Å². The van der Waals surface area contributed by atoms with Crippen LogP contribution in [0.1, 0.15) is 46.8 Å². The number of phenols is 1. The van der Waals surface area contributed by atoms with Gasteiger partial charge >= 0.3 is 0 Å². The van der Waals surface area contributed by atoms with Crippen molar-refractivity contribution < 1.29 is 14.4 Å². The number of aryl methyl sites for hydroxylation is 3. The second kappa shape index (κ2) is 6.43. The molecular formula is C16H20N2O3. The van der Waals surface area contributed by atoms with Gasteiger partial charge in [-0.1, -0.05) is 19.0 Å². The van der Waals surface area contributed by atoms with Gasteiger partial charge in [0, 0.05) is 24.1 Å². The van der Waals surface area contributed by atoms with Crippen molar-refractivity contribution in [2.24, 2.45) is 0 Å². The van der Waals surface area contributed by atoms with Crippen LogP contribution in [0.3, 0.4) is 0 Å². The molecule has 0 unspecified atom stereocenters. The molecule has 1 aromatic carbocycles. The Labute approximate surface area is 124 Å². The average Bonchev–Trinajstić information content (AvgIpc) is 2.86. The summed E-state index contributed by atoms with van der Waals surface area (Å²) in [5.41, 5.74) is 3.14. The summed E-state index contributed by atoms with van der Waals surface area (Å²) in [6.07, 6.45) is 1.52. The maximum atomic E-state index is 12.2. The lowest BCUT2D eigenvalue weighted by atomic mass is 10.1. The van der Waals surface area contributed by atoms with Gasteiger partial charge in [0.1, 0.15) is 11.5 Å². The summed E-state index contributed by atoms with van der Waals surface area (Å²) in [6, 6.07) is 4.70. The van der Waals surface area contributed by atoms with E-state index in [2.05, 4.69) is 10.5 Å². The Hall–Kier alpha value is -2.30. The van der Waals surface area contributed by atoms with E-state index >= 15 is 0 Å². The van der Waals surface area contributed by atoms with E-state index in [1.54, 1.807) is 19.1 Å². The summed E-state index contributed by atoms with van der Waals surface area (Å²) in [5.74, 6) is 0.803. The zero-order valence-electron chi connectivity index (χ0n) is 12.6. The van der Waals surface area contributed by atoms with Gasteiger partial charge < -0.3 is 14.9 Å². The van der Waals surface area contributed by atoms with Crippen LogP contribution in [0.4, 0.5) is 0 Å². The zero-order valence-corrected chi connectivity index (χ0v) is 12.6. The van der Waals surface area contributed by atoms with Gasteiger partial charge in [-0.2, -0.15) is 0 Å². The van der Waals surface area contributed by atoms with E-state index in [4.69, 9.17) is 4.52 Å². The number of benzene rings is 1. The predicted molar refractivity (Wildman–Crippen MR) is 79.3 cm³/mol. The fraction of sp³-hybridized carbons (Fsp3) is 0.375. The summed E-state index contributed by atoms with van der Waals surface area (Å²) in [7, 11) is 0. The average molecular weight is 288 g/mol. The van der Waals surface area contributed by atoms with Crippen LogP contribution in [0.25, 0.3) is 0 Å². The lowest BCUT2D eigenvalue weighted by Crippen LogP contribution is -2.24. The third kappa shape index (κ3) is 3.24. The fourth-order valence-electron chi connectivity index (χ4n) is 2.30. The molecule has 112 valence electrons. The van der Waals surface area contributed by atoms with Crippen molar-refractivity contribution >= 4 is 5.91 Å². The third-order valence-electron chi connectivity index (χ3n) is 3.49. The maximum Gasteiger partial charge on any atom is 0.251 e. The van der Waals surface area contributed by atoms with Gasteiger partial charge in [-0.25, -0.2) is 0 Å². The van der Waals surface area contributed by atoms with E-state index in [9.17, 15) is 9.90 Å². The molecule has 0 bridgehead atoms. The fourth-order valence-corrected chi connectivity index (χ4v) is 2.30. The highest BCUT2D eigenvalue weighted by Crippen LogP contribution is 2.18. The number of phenolic OH excluding ortho intramolecular Hbond substituents is 1. The number of aromatic hydroxyl groups is 1. The first-order valence-electron chi connectivity index (χ1n) is 7.10. The number of rotatable bonds is 5. The molecule has 21 heavy (non-hydrogen) atoms. The van der Waals surface area contributed by atoms with Gasteiger partial charge in [0.2, 0.25) is 0 Å². The largest absolute Gasteiger partial charge is 0.508 e. The summed E-state index contributed by atoms with van der Waals surface area (Å²) >= 11 is 0. The molecule has 0 radical (unpaired) electrons. The predicted octanol–water partition coefficient (Wildman–Crippen LogP) is 2.74. The Kier molecular flexibility index (Phi) is 4.62. The molecule has 0 aliphatic carbocycles. The molecular weight excluding hydrogens is 268 g/mol. The number of nitrogens with zero attached hydrogens (tertiary/aromatic N) is 1. The minimum absolute atomic E-state index is 0.157. The van der Waals surface area contributed by atoms with Crippen molar-refractivity contribution in [2.45, 2.75) is 40.2 Å². The molecule has 2 N–H and O–H groups in total. The standard InChI is InChI=1S/C16H20N2O3/c1-4-14-13(15(5-2)21-18-14)9-17-16(20)12-7-6-11(19)8-10(12)3/h6-8,19H,4-5,9H2,1-3H3,(H,17,20). The SMILES string of the molecule is CCc1noc(CC)c1CNC(=O)c1ccc(O)cc1C. The normalized spacial score (nSPS) is 10.6. The first-order valence-corrected chi connectivity index (χ1v) is 7.10. The smallest absolute Gasteiger partial charge is 0.251 e. The van der Waals surface area contributed by atoms with E-state index < -0.39 is 0 Å². The van der Waals surface area contributed by atoms with E-state index in [-0.39, 0.29) is 11.7 Å². The van der Waals surface area contributed by atoms with Crippen molar-refractivity contribution in [1.29, 1.82) is 0 Å². The maximum absolute atomic E-state index is 12.2. The van der Waals surface area contributed by atoms with Gasteiger partial charge in [-0.15, -0.1) is 0 Å². The van der Waals surface area contributed by atoms with Crippen molar-refractivity contribution in [3.05, 3.63) is 46.3 Å². The summed E-state index contributed by atoms with van der Waals surface area (Å²) in [6.45, 7) is 6.19. The molecule has 0 aliphatic rings. The Bertz CT molecular complexity index is 625. The van der Waals surface area contributed by atoms with Crippen LogP contribution in [-0.4, -0.2) is 16.2 Å². The van der Waals surface area contributed by atoms with Crippen molar-refractivity contribution in [3.8, 4) is 5.75 Å². The number of carbonyl (C=O) groups is 1. The van der Waals surface area contributed by atoms with Gasteiger partial charge in [0.15, 0.2) is 0 Å². The molecule has 0 fully saturated rings. The number of nitrogens with one attached hydrogen (secondary N) is 1. The highest BCUT2D eigenvalue weighted by Gasteiger charge is 2.15. The molecule has 2 aromatic rings. The minimum atomic E-state index is -0.169. The molecule has 1 heterocycles. The molecule has 2 rings (SSSR count). The van der Waals surface area contributed by atoms with Crippen molar-refractivity contribution in [1.82, 2.24) is 10.5 Å². The van der Waals surface area contributed by atoms with E-state index in [1.165, 1.54) is 6.07 Å². The molecule has 0 saturated carbocycles. The molecule has 1 amide bonds. The molecule has 0 aliphatic heterocycles. The van der Waals surface area contributed by atoms with Gasteiger partial charge in [0.05, 0.1) is 5.69 Å². The van der Waals surface area contributed by atoms with Crippen LogP contribution in [0.15, 0.2) is 22.7 Å². The third-order valence-corrected chi connectivity index (χ3v) is 3.49. The van der Waals surface area contributed by atoms with Crippen molar-refractivity contribution in [2.75, 3.05) is 0 Å². The van der Waals surface area contributed by atoms with Crippen LogP contribution in [-0.2, 0) is 19.4 Å². The molecule has 1 aromatic heterocycles. The van der Waals surface area contributed by atoms with Crippen LogP contribution >= 0.6 is 0 Å². The number of amides is 1. The van der Waals surface area contributed by atoms with Crippen LogP contribution in [0, 0.1) is 6.92 Å². The number of hydrogen-bond acceptors (Lipinski definition) is 4. The van der Waals surface area contributed by atoms with Gasteiger partial charge in [-0.3, -0.25) is 4.79 Å². The zero-order chi connectivity index (χ0) is 15.4. The van der Waals surface area contributed by atoms with E-state index in [1.807, 2.05) is 13.8 Å². The second-order valence-corrected chi connectivity index (χ2v) is 4.92. The highest BCUT2D eigenvalue weighted by atomic mass is 16.5. The van der Waals surface area contributed by atoms with Gasteiger partial charge in [0.25, 0.3) is 5.91 Å². The lowest BCUT2D eigenvalue weighted by Gasteiger charge is -2.08. The van der Waals surface area contributed by atoms with Crippen LogP contribution < -0.4 is 5.32 Å². The minimum Gasteiger partial charge on any atom is -0.508 e. The molecule has 0 spiro atoms. The summed E-state index contributed by atoms with van der Waals surface area (Å²) in [5, 5.41) is 16.3. The molecule has 0 atom stereocenters. The van der Waals surface area contributed by atoms with Gasteiger partial charge in [-0.05, 0) is 37.1 Å². The Morgan fingerprint density at radius 3 is 2.71 bits per heavy atom. The Morgan fingerprint density at radius 1 is 1.33 bits per heavy atom. The van der Waals surface area contributed by atoms with Crippen LogP contribution in [0.2, 0.25) is 0 Å². The van der Waals surface area contributed by atoms with E-state index in [0.717, 1.165) is 35.4 Å². The lowest BCUT2D eigenvalue weighted by molar-refractivity contribution is 0.0950. The topological polar surface area (TPSA) is 75.4 Å². The number of aromatic nitrogens is 1. The van der Waals surface area contributed by atoms with E-state index in [0.29, 0.717) is 12.1 Å². The summed E-state index contributed by atoms with van der Waals surface area (Å²) in [4.78, 5) is 12.2. The molecule has 0 saturated heterocycles. The monoisotopic (exact) mass is 288 g/mol. The molecule has 5 nitrogen and oxygen atoms in total. The Morgan fingerprint density at radius 2 is 2.10 bits per heavy atom. The highest BCUT2D eigenvalue weighted by molar-refractivity contribution is 5.95. The first-order chi connectivity index (χ1) is 10.1. The quantitative estimate of drug-likeness (QED) is 0.887. The number of carbonyl (C=O) groups excluding carboxylic acids is 1. The Balaban J connectivity index is 2.12. The van der Waals surface area contributed by atoms with Crippen LogP contribution in [0.5, 0.6) is 5.75 Å².